The zero-order chi connectivity index (χ0) is 11.4. The Morgan fingerprint density at radius 1 is 1.60 bits per heavy atom. The monoisotopic (exact) mass is 229 g/mol. The molecule has 0 bridgehead atoms. The molecule has 0 saturated heterocycles. The number of hydrogen-bond donors (Lipinski definition) is 2. The minimum Gasteiger partial charge on any atom is -0.352 e. The first kappa shape index (κ1) is 12.3. The summed E-state index contributed by atoms with van der Waals surface area (Å²) in [6.45, 7) is 6.18. The highest BCUT2D eigenvalue weighted by atomic mass is 32.2. The van der Waals surface area contributed by atoms with Crippen LogP contribution < -0.4 is 11.2 Å². The summed E-state index contributed by atoms with van der Waals surface area (Å²) in [5.74, 6) is 6.57. The lowest BCUT2D eigenvalue weighted by Crippen LogP contribution is -2.48. The molecule has 0 aromatic rings. The van der Waals surface area contributed by atoms with Gasteiger partial charge in [0.1, 0.15) is 6.17 Å². The van der Waals surface area contributed by atoms with Gasteiger partial charge in [-0.05, 0) is 26.5 Å². The maximum atomic E-state index is 5.88. The Morgan fingerprint density at radius 3 is 2.73 bits per heavy atom. The van der Waals surface area contributed by atoms with Crippen LogP contribution in [-0.4, -0.2) is 34.6 Å². The fourth-order valence-electron chi connectivity index (χ4n) is 1.27. The van der Waals surface area contributed by atoms with Gasteiger partial charge in [0.05, 0.1) is 0 Å². The lowest BCUT2D eigenvalue weighted by Gasteiger charge is -2.29. The Bertz CT molecular complexity index is 274. The molecule has 0 aliphatic carbocycles. The Labute approximate surface area is 95.2 Å². The number of aliphatic imine (C=N–C) groups is 2. The van der Waals surface area contributed by atoms with Gasteiger partial charge in [-0.3, -0.25) is 5.01 Å². The maximum absolute atomic E-state index is 5.88. The van der Waals surface area contributed by atoms with Gasteiger partial charge in [0.25, 0.3) is 0 Å². The van der Waals surface area contributed by atoms with Crippen LogP contribution in [0.1, 0.15) is 27.2 Å². The topological polar surface area (TPSA) is 66.0 Å². The number of thioether (sulfide) groups is 1. The maximum Gasteiger partial charge on any atom is 0.222 e. The van der Waals surface area contributed by atoms with Crippen molar-refractivity contribution in [3.63, 3.8) is 0 Å². The number of hydrazine groups is 1. The summed E-state index contributed by atoms with van der Waals surface area (Å²) in [7, 11) is 0. The molecule has 0 aromatic heterocycles. The molecule has 5 nitrogen and oxygen atoms in total. The van der Waals surface area contributed by atoms with E-state index in [0.29, 0.717) is 12.0 Å². The first-order valence-electron chi connectivity index (χ1n) is 5.09. The third kappa shape index (κ3) is 3.10. The minimum atomic E-state index is -0.00815. The summed E-state index contributed by atoms with van der Waals surface area (Å²) in [4.78, 5) is 8.76. The standard InChI is InChI=1S/C9H19N5S/c1-5-7-12-8(11-6(2)3)13-9(15-4)14(7)10/h6-7H,5,10H2,1-4H3,(H,11,12). The number of guanidine groups is 1. The van der Waals surface area contributed by atoms with Gasteiger partial charge in [-0.1, -0.05) is 18.7 Å². The van der Waals surface area contributed by atoms with Crippen LogP contribution in [0.15, 0.2) is 9.98 Å². The molecule has 1 aliphatic rings. The molecule has 0 amide bonds. The van der Waals surface area contributed by atoms with Crippen LogP contribution in [0, 0.1) is 0 Å². The van der Waals surface area contributed by atoms with Crippen molar-refractivity contribution < 1.29 is 0 Å². The number of amidine groups is 1. The normalized spacial score (nSPS) is 21.5. The number of nitrogens with zero attached hydrogens (tertiary/aromatic N) is 3. The first-order valence-corrected chi connectivity index (χ1v) is 6.31. The third-order valence-electron chi connectivity index (χ3n) is 1.98. The highest BCUT2D eigenvalue weighted by Gasteiger charge is 2.22. The molecule has 1 atom stereocenters. The fourth-order valence-corrected chi connectivity index (χ4v) is 1.79. The second kappa shape index (κ2) is 5.37. The van der Waals surface area contributed by atoms with Crippen molar-refractivity contribution in [2.24, 2.45) is 15.8 Å². The SMILES string of the molecule is CCC1N=C(NC(C)C)N=C(SC)N1N. The van der Waals surface area contributed by atoms with E-state index in [2.05, 4.69) is 36.1 Å². The molecule has 0 fully saturated rings. The molecule has 0 radical (unpaired) electrons. The zero-order valence-corrected chi connectivity index (χ0v) is 10.5. The van der Waals surface area contributed by atoms with Crippen molar-refractivity contribution in [2.45, 2.75) is 39.4 Å². The summed E-state index contributed by atoms with van der Waals surface area (Å²) >= 11 is 1.53. The van der Waals surface area contributed by atoms with E-state index in [0.717, 1.165) is 11.6 Å². The van der Waals surface area contributed by atoms with Crippen LogP contribution in [0.2, 0.25) is 0 Å². The average molecular weight is 229 g/mol. The van der Waals surface area contributed by atoms with Gasteiger partial charge in [-0.15, -0.1) is 0 Å². The van der Waals surface area contributed by atoms with Gasteiger partial charge in [0.2, 0.25) is 5.96 Å². The van der Waals surface area contributed by atoms with E-state index >= 15 is 0 Å². The van der Waals surface area contributed by atoms with Crippen molar-refractivity contribution >= 4 is 22.9 Å². The predicted octanol–water partition coefficient (Wildman–Crippen LogP) is 0.985. The van der Waals surface area contributed by atoms with E-state index in [9.17, 15) is 0 Å². The summed E-state index contributed by atoms with van der Waals surface area (Å²) in [5, 5.41) is 5.62. The van der Waals surface area contributed by atoms with Crippen molar-refractivity contribution in [1.82, 2.24) is 10.3 Å². The number of rotatable bonds is 2. The number of nitrogens with two attached hydrogens (primary N) is 1. The lowest BCUT2D eigenvalue weighted by atomic mass is 10.3. The van der Waals surface area contributed by atoms with Gasteiger partial charge in [-0.25, -0.2) is 10.8 Å². The fraction of sp³-hybridized carbons (Fsp3) is 0.778. The minimum absolute atomic E-state index is 0.00815. The van der Waals surface area contributed by atoms with Crippen molar-refractivity contribution in [1.29, 1.82) is 0 Å². The Kier molecular flexibility index (Phi) is 4.41. The van der Waals surface area contributed by atoms with E-state index in [4.69, 9.17) is 5.84 Å². The molecule has 1 heterocycles. The Balaban J connectivity index is 2.82. The van der Waals surface area contributed by atoms with Gasteiger partial charge < -0.3 is 5.32 Å². The molecule has 0 spiro atoms. The van der Waals surface area contributed by atoms with E-state index in [1.165, 1.54) is 11.8 Å². The van der Waals surface area contributed by atoms with Crippen molar-refractivity contribution in [2.75, 3.05) is 6.26 Å². The van der Waals surface area contributed by atoms with Gasteiger partial charge in [0, 0.05) is 6.04 Å². The Morgan fingerprint density at radius 2 is 2.27 bits per heavy atom. The van der Waals surface area contributed by atoms with E-state index in [1.54, 1.807) is 5.01 Å². The van der Waals surface area contributed by atoms with E-state index < -0.39 is 0 Å². The lowest BCUT2D eigenvalue weighted by molar-refractivity contribution is 0.321. The largest absolute Gasteiger partial charge is 0.352 e. The average Bonchev–Trinajstić information content (AvgIpc) is 2.19. The molecule has 0 saturated carbocycles. The summed E-state index contributed by atoms with van der Waals surface area (Å²) in [6.07, 6.45) is 2.83. The van der Waals surface area contributed by atoms with Gasteiger partial charge in [0.15, 0.2) is 5.17 Å². The highest BCUT2D eigenvalue weighted by molar-refractivity contribution is 8.13. The number of hydrogen-bond acceptors (Lipinski definition) is 6. The van der Waals surface area contributed by atoms with Crippen LogP contribution in [-0.2, 0) is 0 Å². The predicted molar refractivity (Wildman–Crippen MR) is 66.8 cm³/mol. The quantitative estimate of drug-likeness (QED) is 0.693. The van der Waals surface area contributed by atoms with E-state index in [-0.39, 0.29) is 6.17 Å². The third-order valence-corrected chi connectivity index (χ3v) is 2.65. The van der Waals surface area contributed by atoms with Gasteiger partial charge >= 0.3 is 0 Å². The van der Waals surface area contributed by atoms with E-state index in [1.807, 2.05) is 6.26 Å². The second-order valence-electron chi connectivity index (χ2n) is 3.65. The number of nitrogens with one attached hydrogen (secondary N) is 1. The van der Waals surface area contributed by atoms with Crippen LogP contribution in [0.5, 0.6) is 0 Å². The van der Waals surface area contributed by atoms with Gasteiger partial charge in [-0.2, -0.15) is 4.99 Å². The zero-order valence-electron chi connectivity index (χ0n) is 9.69. The molecular weight excluding hydrogens is 210 g/mol. The van der Waals surface area contributed by atoms with Crippen molar-refractivity contribution in [3.05, 3.63) is 0 Å². The molecule has 3 N–H and O–H groups in total. The summed E-state index contributed by atoms with van der Waals surface area (Å²) < 4.78 is 0. The van der Waals surface area contributed by atoms with Crippen LogP contribution in [0.3, 0.4) is 0 Å². The van der Waals surface area contributed by atoms with Crippen LogP contribution in [0.4, 0.5) is 0 Å². The summed E-state index contributed by atoms with van der Waals surface area (Å²) in [5.41, 5.74) is 0. The van der Waals surface area contributed by atoms with Crippen molar-refractivity contribution in [3.8, 4) is 0 Å². The molecule has 0 aromatic carbocycles. The smallest absolute Gasteiger partial charge is 0.222 e. The molecule has 1 aliphatic heterocycles. The highest BCUT2D eigenvalue weighted by Crippen LogP contribution is 2.14. The van der Waals surface area contributed by atoms with Crippen LogP contribution >= 0.6 is 11.8 Å². The molecule has 86 valence electrons. The molecule has 1 unspecified atom stereocenters. The molecular formula is C9H19N5S. The molecule has 15 heavy (non-hydrogen) atoms. The van der Waals surface area contributed by atoms with Crippen LogP contribution in [0.25, 0.3) is 0 Å². The molecule has 1 rings (SSSR count). The second-order valence-corrected chi connectivity index (χ2v) is 4.42. The molecule has 6 heteroatoms. The first-order chi connectivity index (χ1) is 7.08. The Hall–Kier alpha value is -0.750. The summed E-state index contributed by atoms with van der Waals surface area (Å²) in [6, 6.07) is 0.331.